The van der Waals surface area contributed by atoms with Crippen molar-refractivity contribution in [2.45, 2.75) is 278 Å². The fourth-order valence-electron chi connectivity index (χ4n) is 13.5. The lowest BCUT2D eigenvalue weighted by Gasteiger charge is -2.53. The molecule has 0 spiro atoms. The number of esters is 1. The molecule has 49 heteroatoms. The van der Waals surface area contributed by atoms with Gasteiger partial charge < -0.3 is 211 Å². The van der Waals surface area contributed by atoms with Crippen molar-refractivity contribution >= 4 is 41.6 Å². The van der Waals surface area contributed by atoms with Crippen LogP contribution in [0.25, 0.3) is 0 Å². The summed E-state index contributed by atoms with van der Waals surface area (Å²) in [4.78, 5) is 90.8. The highest BCUT2D eigenvalue weighted by atomic mass is 16.8. The first-order chi connectivity index (χ1) is 50.5. The number of ether oxygens (including phenoxy) is 14. The van der Waals surface area contributed by atoms with Gasteiger partial charge in [0.05, 0.1) is 76.1 Å². The molecule has 49 nitrogen and oxygen atoms in total. The molecule has 29 N–H and O–H groups in total. The van der Waals surface area contributed by atoms with Crippen LogP contribution in [0.1, 0.15) is 47.0 Å². The van der Waals surface area contributed by atoms with E-state index in [1.54, 1.807) is 0 Å². The number of aliphatic hydroxyl groups is 21. The molecule has 7 heterocycles. The van der Waals surface area contributed by atoms with E-state index in [0.29, 0.717) is 0 Å². The van der Waals surface area contributed by atoms with Crippen LogP contribution in [-0.2, 0) is 99.9 Å². The van der Waals surface area contributed by atoms with E-state index in [2.05, 4.69) is 20.7 Å². The average molecular weight is 1580 g/mol. The van der Waals surface area contributed by atoms with Crippen molar-refractivity contribution in [2.24, 2.45) is 5.73 Å². The Labute approximate surface area is 609 Å². The molecule has 108 heavy (non-hydrogen) atoms. The quantitative estimate of drug-likeness (QED) is 0.0278. The van der Waals surface area contributed by atoms with Crippen molar-refractivity contribution in [1.29, 1.82) is 0 Å². The summed E-state index contributed by atoms with van der Waals surface area (Å²) in [6, 6.07) is -7.96. The van der Waals surface area contributed by atoms with Gasteiger partial charge in [0.1, 0.15) is 159 Å². The van der Waals surface area contributed by atoms with Crippen LogP contribution in [0.3, 0.4) is 0 Å². The number of hydrogen-bond acceptors (Lipinski definition) is 43. The Morgan fingerprint density at radius 1 is 0.435 bits per heavy atom. The number of carboxylic acids is 3. The van der Waals surface area contributed by atoms with Crippen molar-refractivity contribution in [1.82, 2.24) is 16.0 Å². The smallest absolute Gasteiger partial charge is 0.364 e. The molecule has 0 saturated carbocycles. The zero-order valence-corrected chi connectivity index (χ0v) is 57.7. The third-order valence-electron chi connectivity index (χ3n) is 19.0. The summed E-state index contributed by atoms with van der Waals surface area (Å²) in [6.07, 6.45) is -77.3. The van der Waals surface area contributed by atoms with Gasteiger partial charge in [-0.3, -0.25) is 19.2 Å². The Bertz CT molecular complexity index is 3010. The van der Waals surface area contributed by atoms with E-state index in [-0.39, 0.29) is 0 Å². The Kier molecular flexibility index (Phi) is 31.4. The molecule has 0 aliphatic carbocycles. The van der Waals surface area contributed by atoms with Gasteiger partial charge in [-0.2, -0.15) is 0 Å². The number of carboxylic acid groups (broad SMARTS) is 3. The lowest BCUT2D eigenvalue weighted by Crippen LogP contribution is -2.73. The second-order valence-corrected chi connectivity index (χ2v) is 26.8. The molecule has 7 rings (SSSR count). The number of carbonyl (C=O) groups is 7. The van der Waals surface area contributed by atoms with Gasteiger partial charge in [0.2, 0.25) is 17.7 Å². The highest BCUT2D eigenvalue weighted by Crippen LogP contribution is 2.44. The predicted molar refractivity (Wildman–Crippen MR) is 330 cm³/mol. The van der Waals surface area contributed by atoms with Crippen LogP contribution < -0.4 is 21.7 Å². The molecule has 3 amide bonds. The SMILES string of the molecule is CC(=O)N[C@H]1[C@H](O[C@@H]2[C@H](O[C@]3(C(=O)O)C[C@H](O)[C@@H](NC(C)=O)[C@H]([C@H](O)[C@@H](CO)O[C@]4(C(=O)O)C[C@H](O)[C@@H](N)[C@H]([C@H](O)[C@H](O)COC(C)=O)O4)O3)[C@@H](O)[C@H](O[C@H]3[C@H](O)[C@@H](O)[C@H](O)O[C@@H]3CO)O[C@@H]2CO)O[C@H](CO)[C@H](O)[C@@H]1O[C@@H]1O[C@H](CO)[C@H](O)[C@H](O[C@]2(C(=O)O)C[C@H](O)[C@@H](NC(C)=O)[C@H]([C@H](O)[C@H](O)CO)O2)[C@H]1O. The third kappa shape index (κ3) is 19.6. The average Bonchev–Trinajstić information content (AvgIpc) is 0.755. The van der Waals surface area contributed by atoms with E-state index in [1.807, 2.05) is 0 Å². The molecule has 622 valence electrons. The molecule has 0 bridgehead atoms. The minimum absolute atomic E-state index is 0.812. The summed E-state index contributed by atoms with van der Waals surface area (Å²) < 4.78 is 80.4. The summed E-state index contributed by atoms with van der Waals surface area (Å²) in [5.41, 5.74) is 6.05. The number of amides is 3. The minimum Gasteiger partial charge on any atom is -0.477 e. The Hall–Kier alpha value is -5.11. The molecule has 0 aromatic carbocycles. The molecule has 0 unspecified atom stereocenters. The molecular weight excluding hydrogens is 1480 g/mol. The number of nitrogens with one attached hydrogen (secondary N) is 3. The van der Waals surface area contributed by atoms with Crippen LogP contribution >= 0.6 is 0 Å². The first-order valence-electron chi connectivity index (χ1n) is 33.5. The first kappa shape index (κ1) is 90.1. The van der Waals surface area contributed by atoms with Crippen molar-refractivity contribution < 1.29 is 222 Å². The summed E-state index contributed by atoms with van der Waals surface area (Å²) in [7, 11) is 0. The van der Waals surface area contributed by atoms with Crippen molar-refractivity contribution in [3.05, 3.63) is 0 Å². The first-order valence-corrected chi connectivity index (χ1v) is 33.5. The van der Waals surface area contributed by atoms with Crippen LogP contribution in [0, 0.1) is 0 Å². The van der Waals surface area contributed by atoms with Crippen LogP contribution in [-0.4, -0.2) is 442 Å². The lowest BCUT2D eigenvalue weighted by molar-refractivity contribution is -0.405. The van der Waals surface area contributed by atoms with Gasteiger partial charge in [0, 0.05) is 47.0 Å². The maximum absolute atomic E-state index is 14.2. The van der Waals surface area contributed by atoms with Crippen LogP contribution in [0.4, 0.5) is 0 Å². The second kappa shape index (κ2) is 37.7. The number of aliphatic hydroxyl groups excluding tert-OH is 21. The Balaban J connectivity index is 1.30. The summed E-state index contributed by atoms with van der Waals surface area (Å²) in [6.45, 7) is -5.55. The predicted octanol–water partition coefficient (Wildman–Crippen LogP) is -17.7. The normalized spacial score (nSPS) is 43.4. The maximum atomic E-state index is 14.2. The van der Waals surface area contributed by atoms with E-state index >= 15 is 0 Å². The molecule has 0 aromatic heterocycles. The number of hydrogen-bond donors (Lipinski definition) is 28. The number of carbonyl (C=O) groups excluding carboxylic acids is 4. The zero-order valence-electron chi connectivity index (χ0n) is 57.7. The van der Waals surface area contributed by atoms with Crippen LogP contribution in [0.2, 0.25) is 0 Å². The van der Waals surface area contributed by atoms with E-state index in [9.17, 15) is 156 Å². The van der Waals surface area contributed by atoms with Gasteiger partial charge in [-0.25, -0.2) is 14.4 Å². The van der Waals surface area contributed by atoms with Crippen LogP contribution in [0.5, 0.6) is 0 Å². The molecule has 7 saturated heterocycles. The number of aliphatic carboxylic acids is 3. The zero-order chi connectivity index (χ0) is 80.8. The fourth-order valence-corrected chi connectivity index (χ4v) is 13.5. The van der Waals surface area contributed by atoms with Crippen molar-refractivity contribution in [3.63, 3.8) is 0 Å². The standard InChI is InChI=1S/C59H96N4O45/c1-15(70)61-30-20(75)6-58(55(91)92,105-46(30)33(79)22(77)8-64)107-48-36(82)25(10-66)98-52(40(48)86)102-45-32(63-17(3)72)51(97-24(9-65)35(45)81)101-43-28(13-69)99-53(100-42-27(12-68)96-50(88)39(85)38(42)84)41(87)49(43)108-59(56(93)94)7-21(76)31(62-16(2)71)47(106-59)37(83)26(11-67)103-57(54(89)90)5-19(74)29(60)44(104-57)34(80)23(78)14-95-18(4)73/h19-53,64-69,74-88H,5-14,60H2,1-4H3,(H,61,70)(H,62,71)(H,63,72)(H,89,90)(H,91,92)(H,93,94)/t19-,20-,21-,22+,23+,24+,25+,26+,27+,28+,29+,30+,31+,32+,33+,34+,35-,36-,37+,38+,39+,40+,41+,42+,43-,44+,45+,46+,47+,48-,49+,50+,51-,52-,53-,57+,58-,59-/m0/s1. The van der Waals surface area contributed by atoms with Gasteiger partial charge in [-0.05, 0) is 0 Å². The monoisotopic (exact) mass is 1580 g/mol. The minimum atomic E-state index is -3.74. The molecular formula is C59H96N4O45. The maximum Gasteiger partial charge on any atom is 0.364 e. The second-order valence-electron chi connectivity index (χ2n) is 26.8. The molecule has 0 aromatic rings. The number of rotatable bonds is 32. The Morgan fingerprint density at radius 3 is 1.31 bits per heavy atom. The fraction of sp³-hybridized carbons (Fsp3) is 0.881. The van der Waals surface area contributed by atoms with Gasteiger partial charge in [0.15, 0.2) is 25.2 Å². The summed E-state index contributed by atoms with van der Waals surface area (Å²) in [5, 5.41) is 274. The van der Waals surface area contributed by atoms with Gasteiger partial charge >= 0.3 is 23.9 Å². The number of nitrogens with two attached hydrogens (primary N) is 1. The highest BCUT2D eigenvalue weighted by molar-refractivity contribution is 5.78. The largest absolute Gasteiger partial charge is 0.477 e. The van der Waals surface area contributed by atoms with Gasteiger partial charge in [0.25, 0.3) is 17.4 Å². The summed E-state index contributed by atoms with van der Waals surface area (Å²) >= 11 is 0. The van der Waals surface area contributed by atoms with Gasteiger partial charge in [-0.15, -0.1) is 0 Å². The van der Waals surface area contributed by atoms with Crippen molar-refractivity contribution in [2.75, 3.05) is 46.2 Å². The third-order valence-corrected chi connectivity index (χ3v) is 19.0. The molecule has 7 aliphatic heterocycles. The molecule has 7 fully saturated rings. The molecule has 0 radical (unpaired) electrons. The molecule has 38 atom stereocenters. The van der Waals surface area contributed by atoms with E-state index in [1.165, 1.54) is 0 Å². The van der Waals surface area contributed by atoms with Crippen LogP contribution in [0.15, 0.2) is 0 Å². The topological polar surface area (TPSA) is 796 Å². The van der Waals surface area contributed by atoms with E-state index < -0.39 is 339 Å². The van der Waals surface area contributed by atoms with Gasteiger partial charge in [-0.1, -0.05) is 0 Å². The van der Waals surface area contributed by atoms with E-state index in [4.69, 9.17) is 67.3 Å². The Morgan fingerprint density at radius 2 is 0.843 bits per heavy atom. The highest BCUT2D eigenvalue weighted by Gasteiger charge is 2.65. The van der Waals surface area contributed by atoms with E-state index in [0.717, 1.165) is 27.7 Å². The lowest BCUT2D eigenvalue weighted by atomic mass is 9.87. The summed E-state index contributed by atoms with van der Waals surface area (Å²) in [5.74, 6) is -21.4. The van der Waals surface area contributed by atoms with Crippen molar-refractivity contribution in [3.8, 4) is 0 Å². The molecule has 7 aliphatic rings.